The summed E-state index contributed by atoms with van der Waals surface area (Å²) >= 11 is 1.31. The van der Waals surface area contributed by atoms with Crippen molar-refractivity contribution in [3.63, 3.8) is 0 Å². The lowest BCUT2D eigenvalue weighted by Crippen LogP contribution is -2.40. The highest BCUT2D eigenvalue weighted by Gasteiger charge is 2.35. The van der Waals surface area contributed by atoms with Crippen LogP contribution in [0.3, 0.4) is 0 Å². The fourth-order valence-electron chi connectivity index (χ4n) is 4.76. The second kappa shape index (κ2) is 15.5. The summed E-state index contributed by atoms with van der Waals surface area (Å²) in [6, 6.07) is 15.3. The molecule has 2 N–H and O–H groups in total. The van der Waals surface area contributed by atoms with Crippen LogP contribution >= 0.6 is 18.9 Å². The van der Waals surface area contributed by atoms with Gasteiger partial charge < -0.3 is 28.2 Å². The molecule has 1 amide bonds. The van der Waals surface area contributed by atoms with E-state index >= 15 is 0 Å². The quantitative estimate of drug-likeness (QED) is 0.0965. The minimum absolute atomic E-state index is 0.0694. The van der Waals surface area contributed by atoms with Crippen molar-refractivity contribution in [2.24, 2.45) is 5.92 Å². The van der Waals surface area contributed by atoms with E-state index in [0.29, 0.717) is 45.9 Å². The van der Waals surface area contributed by atoms with Gasteiger partial charge in [-0.25, -0.2) is 10.1 Å². The maximum Gasteiger partial charge on any atom is 0.347 e. The molecule has 2 atom stereocenters. The van der Waals surface area contributed by atoms with Crippen molar-refractivity contribution in [1.82, 2.24) is 10.1 Å². The largest absolute Gasteiger partial charge is 0.491 e. The summed E-state index contributed by atoms with van der Waals surface area (Å²) < 4.78 is 49.1. The summed E-state index contributed by atoms with van der Waals surface area (Å²) in [6.45, 7) is 9.64. The number of aromatic nitrogens is 1. The molecule has 0 bridgehead atoms. The Hall–Kier alpha value is -4.58. The Balaban J connectivity index is 1.43. The molecule has 48 heavy (non-hydrogen) atoms. The first kappa shape index (κ1) is 34.7. The van der Waals surface area contributed by atoms with Gasteiger partial charge in [0.25, 0.3) is 5.91 Å². The van der Waals surface area contributed by atoms with E-state index in [2.05, 4.69) is 15.4 Å². The minimum Gasteiger partial charge on any atom is -0.491 e. The van der Waals surface area contributed by atoms with E-state index in [1.807, 2.05) is 27.7 Å². The van der Waals surface area contributed by atoms with Gasteiger partial charge in [0.1, 0.15) is 29.0 Å². The summed E-state index contributed by atoms with van der Waals surface area (Å²) in [5.74, 6) is 1.64. The second-order valence-electron chi connectivity index (χ2n) is 11.5. The number of benzene rings is 3. The van der Waals surface area contributed by atoms with E-state index in [1.54, 1.807) is 79.2 Å². The fourth-order valence-corrected chi connectivity index (χ4v) is 7.16. The first-order valence-electron chi connectivity index (χ1n) is 15.5. The van der Waals surface area contributed by atoms with Crippen molar-refractivity contribution in [2.45, 2.75) is 53.2 Å². The number of thiazole rings is 1. The molecule has 0 fully saturated rings. The Labute approximate surface area is 283 Å². The van der Waals surface area contributed by atoms with Gasteiger partial charge in [-0.1, -0.05) is 13.8 Å². The maximum atomic E-state index is 14.7. The number of fused-ring (bicyclic) bond motifs is 1. The van der Waals surface area contributed by atoms with Crippen LogP contribution in [0, 0.1) is 5.92 Å². The summed E-state index contributed by atoms with van der Waals surface area (Å²) in [6.07, 6.45) is 1.82. The Kier molecular flexibility index (Phi) is 11.3. The van der Waals surface area contributed by atoms with E-state index < -0.39 is 19.5 Å². The number of carbonyl (C=O) groups excluding carboxylic acids is 2. The van der Waals surface area contributed by atoms with Gasteiger partial charge in [-0.3, -0.25) is 19.5 Å². The first-order valence-corrected chi connectivity index (χ1v) is 18.0. The smallest absolute Gasteiger partial charge is 0.347 e. The molecule has 0 aliphatic carbocycles. The Morgan fingerprint density at radius 1 is 0.938 bits per heavy atom. The van der Waals surface area contributed by atoms with Gasteiger partial charge in [-0.2, -0.15) is 0 Å². The van der Waals surface area contributed by atoms with E-state index in [9.17, 15) is 14.2 Å². The van der Waals surface area contributed by atoms with E-state index in [-0.39, 0.29) is 42.4 Å². The zero-order valence-corrected chi connectivity index (χ0v) is 29.0. The topological polar surface area (TPSA) is 144 Å². The van der Waals surface area contributed by atoms with Crippen molar-refractivity contribution in [2.75, 3.05) is 18.7 Å². The molecule has 0 saturated heterocycles. The number of nitrogens with one attached hydrogen (secondary N) is 2. The number of hydrogen-bond acceptors (Lipinski definition) is 11. The molecule has 0 radical (unpaired) electrons. The zero-order chi connectivity index (χ0) is 34.3. The molecule has 12 nitrogen and oxygen atoms in total. The van der Waals surface area contributed by atoms with Crippen molar-refractivity contribution in [1.29, 1.82) is 0 Å². The molecule has 1 aromatic heterocycles. The average molecular weight is 696 g/mol. The van der Waals surface area contributed by atoms with Crippen LogP contribution in [0.4, 0.5) is 5.13 Å². The molecule has 1 aliphatic heterocycles. The number of carbonyl (C=O) groups is 2. The van der Waals surface area contributed by atoms with Gasteiger partial charge in [0.05, 0.1) is 18.0 Å². The number of anilines is 1. The lowest BCUT2D eigenvalue weighted by Gasteiger charge is -2.26. The number of nitrogens with zero attached hydrogens (tertiary/aromatic N) is 1. The summed E-state index contributed by atoms with van der Waals surface area (Å²) in [7, 11) is -3.96. The Bertz CT molecular complexity index is 1760. The number of amides is 1. The predicted molar refractivity (Wildman–Crippen MR) is 182 cm³/mol. The Morgan fingerprint density at radius 3 is 2.35 bits per heavy atom. The third-order valence-electron chi connectivity index (χ3n) is 6.76. The summed E-state index contributed by atoms with van der Waals surface area (Å²) in [5.41, 5.74) is 0.316. The van der Waals surface area contributed by atoms with Crippen LogP contribution in [0.5, 0.6) is 34.5 Å². The van der Waals surface area contributed by atoms with Crippen molar-refractivity contribution in [3.8, 4) is 34.5 Å². The van der Waals surface area contributed by atoms with Crippen molar-refractivity contribution >= 4 is 41.2 Å². The summed E-state index contributed by atoms with van der Waals surface area (Å²) in [4.78, 5) is 30.1. The van der Waals surface area contributed by atoms with Gasteiger partial charge in [0, 0.05) is 29.3 Å². The van der Waals surface area contributed by atoms with Crippen LogP contribution in [0.2, 0.25) is 0 Å². The molecule has 1 unspecified atom stereocenters. The molecule has 2 heterocycles. The van der Waals surface area contributed by atoms with Crippen LogP contribution in [-0.4, -0.2) is 42.4 Å². The molecule has 3 aromatic carbocycles. The number of esters is 1. The van der Waals surface area contributed by atoms with Crippen molar-refractivity contribution in [3.05, 3.63) is 77.8 Å². The zero-order valence-electron chi connectivity index (χ0n) is 27.3. The minimum atomic E-state index is -3.96. The number of ether oxygens (including phenoxy) is 5. The maximum absolute atomic E-state index is 14.7. The van der Waals surface area contributed by atoms with Crippen LogP contribution < -0.4 is 39.2 Å². The van der Waals surface area contributed by atoms with E-state index in [0.717, 1.165) is 0 Å². The molecule has 14 heteroatoms. The molecule has 0 saturated carbocycles. The molecule has 5 rings (SSSR count). The lowest BCUT2D eigenvalue weighted by atomic mass is 10.1. The third-order valence-corrected chi connectivity index (χ3v) is 9.55. The van der Waals surface area contributed by atoms with Gasteiger partial charge in [0.15, 0.2) is 16.6 Å². The van der Waals surface area contributed by atoms with Gasteiger partial charge in [-0.15, -0.1) is 11.3 Å². The van der Waals surface area contributed by atoms with Gasteiger partial charge >= 0.3 is 13.5 Å². The van der Waals surface area contributed by atoms with E-state index in [1.165, 1.54) is 11.3 Å². The average Bonchev–Trinajstić information content (AvgIpc) is 3.72. The lowest BCUT2D eigenvalue weighted by molar-refractivity contribution is -0.145. The predicted octanol–water partition coefficient (Wildman–Crippen LogP) is 7.17. The fraction of sp³-hybridized carbons (Fsp3) is 0.324. The van der Waals surface area contributed by atoms with E-state index in [4.69, 9.17) is 28.2 Å². The molecule has 4 aromatic rings. The Morgan fingerprint density at radius 2 is 1.67 bits per heavy atom. The number of rotatable bonds is 15. The van der Waals surface area contributed by atoms with Crippen LogP contribution in [-0.2, 0) is 14.1 Å². The standard InChI is InChI=1S/C34H38N3O9PS/c1-6-41-33(39)29(15-21(2)3)37-47(40,46-25-9-12-30-31(19-25)43-20-42-30)28-10-7-24(8-11-28)45-27-17-23(16-26(18-27)44-22(4)5)32(38)36-34-35-13-14-48-34/h7-14,16-19,21-22,29H,6,15,20H2,1-5H3,(H,37,40)(H,35,36,38)/t29-,47?/m1/s1. The molecular formula is C34H38N3O9PS. The SMILES string of the molecule is CCOC(=O)[C@@H](CC(C)C)NP(=O)(Oc1ccc2c(c1)OCO2)c1ccc(Oc2cc(OC(C)C)cc(C(=O)Nc3nccs3)c2)cc1. The molecule has 0 spiro atoms. The van der Waals surface area contributed by atoms with Crippen LogP contribution in [0.1, 0.15) is 51.4 Å². The molecular weight excluding hydrogens is 657 g/mol. The summed E-state index contributed by atoms with van der Waals surface area (Å²) in [5, 5.41) is 8.28. The molecule has 1 aliphatic rings. The first-order chi connectivity index (χ1) is 23.0. The highest BCUT2D eigenvalue weighted by Crippen LogP contribution is 2.46. The van der Waals surface area contributed by atoms with Gasteiger partial charge in [-0.05, 0) is 81.6 Å². The highest BCUT2D eigenvalue weighted by molar-refractivity contribution is 7.65. The van der Waals surface area contributed by atoms with Gasteiger partial charge in [0.2, 0.25) is 6.79 Å². The highest BCUT2D eigenvalue weighted by atomic mass is 32.1. The number of hydrogen-bond donors (Lipinski definition) is 2. The van der Waals surface area contributed by atoms with Crippen molar-refractivity contribution < 1.29 is 42.4 Å². The van der Waals surface area contributed by atoms with Crippen LogP contribution in [0.15, 0.2) is 72.2 Å². The normalized spacial score (nSPS) is 13.9. The molecule has 254 valence electrons. The third kappa shape index (κ3) is 9.06. The second-order valence-corrected chi connectivity index (χ2v) is 14.4. The van der Waals surface area contributed by atoms with Crippen LogP contribution in [0.25, 0.3) is 0 Å². The monoisotopic (exact) mass is 695 g/mol.